The van der Waals surface area contributed by atoms with E-state index in [1.165, 1.54) is 11.8 Å². The van der Waals surface area contributed by atoms with Gasteiger partial charge in [0, 0.05) is 24.1 Å². The van der Waals surface area contributed by atoms with Crippen LogP contribution in [0.5, 0.6) is 0 Å². The van der Waals surface area contributed by atoms with Crippen molar-refractivity contribution in [3.63, 3.8) is 0 Å². The van der Waals surface area contributed by atoms with Gasteiger partial charge in [-0.3, -0.25) is 19.3 Å². The molecular weight excluding hydrogens is 392 g/mol. The standard InChI is InChI=1S/C25H22N2O4/c1-16-20(17-6-3-2-4-7-17)11-12-26(16)23(28)18-9-10-21-22(14-18)25(30)27(24(21)29)15-19-8-5-13-31-19/h2-10,13-14,16,20H,11-12,15H2,1H3. The summed E-state index contributed by atoms with van der Waals surface area (Å²) in [5, 5.41) is 0. The molecule has 0 spiro atoms. The van der Waals surface area contributed by atoms with E-state index in [1.807, 2.05) is 23.1 Å². The smallest absolute Gasteiger partial charge is 0.261 e. The summed E-state index contributed by atoms with van der Waals surface area (Å²) in [7, 11) is 0. The van der Waals surface area contributed by atoms with Gasteiger partial charge < -0.3 is 9.32 Å². The number of hydrogen-bond acceptors (Lipinski definition) is 4. The molecule has 0 saturated carbocycles. The van der Waals surface area contributed by atoms with Gasteiger partial charge in [0.05, 0.1) is 23.9 Å². The van der Waals surface area contributed by atoms with Gasteiger partial charge in [-0.1, -0.05) is 30.3 Å². The van der Waals surface area contributed by atoms with Gasteiger partial charge in [-0.2, -0.15) is 0 Å². The maximum absolute atomic E-state index is 13.3. The first-order chi connectivity index (χ1) is 15.0. The largest absolute Gasteiger partial charge is 0.467 e. The fourth-order valence-electron chi connectivity index (χ4n) is 4.66. The number of benzene rings is 2. The van der Waals surface area contributed by atoms with Crippen LogP contribution in [0.25, 0.3) is 0 Å². The molecule has 5 rings (SSSR count). The average Bonchev–Trinajstić information content (AvgIpc) is 3.50. The van der Waals surface area contributed by atoms with E-state index in [1.54, 1.807) is 30.3 Å². The van der Waals surface area contributed by atoms with Crippen LogP contribution in [-0.2, 0) is 6.54 Å². The molecule has 0 N–H and O–H groups in total. The molecule has 0 bridgehead atoms. The van der Waals surface area contributed by atoms with Crippen molar-refractivity contribution in [2.24, 2.45) is 0 Å². The number of hydrogen-bond donors (Lipinski definition) is 0. The van der Waals surface area contributed by atoms with Crippen LogP contribution in [-0.4, -0.2) is 40.1 Å². The lowest BCUT2D eigenvalue weighted by Crippen LogP contribution is -2.35. The minimum Gasteiger partial charge on any atom is -0.467 e. The normalized spacial score (nSPS) is 20.4. The number of carbonyl (C=O) groups is 3. The van der Waals surface area contributed by atoms with E-state index < -0.39 is 5.91 Å². The summed E-state index contributed by atoms with van der Waals surface area (Å²) in [6.45, 7) is 2.80. The predicted molar refractivity (Wildman–Crippen MR) is 114 cm³/mol. The molecule has 31 heavy (non-hydrogen) atoms. The van der Waals surface area contributed by atoms with Crippen molar-refractivity contribution in [3.05, 3.63) is 94.9 Å². The second kappa shape index (κ2) is 7.54. The number of amides is 3. The molecule has 6 heteroatoms. The van der Waals surface area contributed by atoms with Gasteiger partial charge in [0.1, 0.15) is 5.76 Å². The van der Waals surface area contributed by atoms with Crippen LogP contribution in [0.2, 0.25) is 0 Å². The van der Waals surface area contributed by atoms with Gasteiger partial charge in [-0.15, -0.1) is 0 Å². The minimum absolute atomic E-state index is 0.0518. The third-order valence-electron chi connectivity index (χ3n) is 6.36. The predicted octanol–water partition coefficient (Wildman–Crippen LogP) is 4.09. The average molecular weight is 414 g/mol. The highest BCUT2D eigenvalue weighted by Gasteiger charge is 2.38. The van der Waals surface area contributed by atoms with E-state index in [9.17, 15) is 14.4 Å². The van der Waals surface area contributed by atoms with Gasteiger partial charge >= 0.3 is 0 Å². The summed E-state index contributed by atoms with van der Waals surface area (Å²) < 4.78 is 5.27. The molecule has 0 radical (unpaired) electrons. The van der Waals surface area contributed by atoms with E-state index in [0.717, 1.165) is 11.3 Å². The molecule has 2 atom stereocenters. The van der Waals surface area contributed by atoms with Crippen LogP contribution in [0.15, 0.2) is 71.3 Å². The highest BCUT2D eigenvalue weighted by atomic mass is 16.3. The maximum Gasteiger partial charge on any atom is 0.261 e. The first kappa shape index (κ1) is 19.3. The van der Waals surface area contributed by atoms with Crippen molar-refractivity contribution in [2.45, 2.75) is 31.8 Å². The van der Waals surface area contributed by atoms with E-state index >= 15 is 0 Å². The molecule has 1 aromatic heterocycles. The van der Waals surface area contributed by atoms with Crippen molar-refractivity contribution < 1.29 is 18.8 Å². The van der Waals surface area contributed by atoms with Crippen molar-refractivity contribution in [3.8, 4) is 0 Å². The molecule has 6 nitrogen and oxygen atoms in total. The number of imide groups is 1. The third-order valence-corrected chi connectivity index (χ3v) is 6.36. The SMILES string of the molecule is CC1C(c2ccccc2)CCN1C(=O)c1ccc2c(c1)C(=O)N(Cc1ccco1)C2=O. The Balaban J connectivity index is 1.37. The highest BCUT2D eigenvalue weighted by molar-refractivity contribution is 6.22. The van der Waals surface area contributed by atoms with Gasteiger partial charge in [-0.05, 0) is 49.2 Å². The number of furan rings is 1. The Hall–Kier alpha value is -3.67. The molecule has 3 aromatic rings. The Labute approximate surface area is 180 Å². The topological polar surface area (TPSA) is 70.8 Å². The molecule has 3 amide bonds. The minimum atomic E-state index is -0.400. The van der Waals surface area contributed by atoms with Crippen LogP contribution in [0.1, 0.15) is 61.7 Å². The Bertz CT molecular complexity index is 1150. The van der Waals surface area contributed by atoms with Crippen LogP contribution in [0.3, 0.4) is 0 Å². The van der Waals surface area contributed by atoms with Crippen LogP contribution in [0, 0.1) is 0 Å². The first-order valence-electron chi connectivity index (χ1n) is 10.4. The van der Waals surface area contributed by atoms with E-state index in [2.05, 4.69) is 19.1 Å². The molecule has 0 aliphatic carbocycles. The lowest BCUT2D eigenvalue weighted by atomic mass is 9.93. The van der Waals surface area contributed by atoms with E-state index in [4.69, 9.17) is 4.42 Å². The molecule has 2 unspecified atom stereocenters. The van der Waals surface area contributed by atoms with Crippen LogP contribution >= 0.6 is 0 Å². The van der Waals surface area contributed by atoms with Crippen molar-refractivity contribution in [1.82, 2.24) is 9.80 Å². The Kier molecular flexibility index (Phi) is 4.70. The molecule has 3 heterocycles. The molecule has 2 aliphatic heterocycles. The Morgan fingerprint density at radius 2 is 1.77 bits per heavy atom. The molecular formula is C25H22N2O4. The molecule has 2 aromatic carbocycles. The molecule has 1 saturated heterocycles. The monoisotopic (exact) mass is 414 g/mol. The first-order valence-corrected chi connectivity index (χ1v) is 10.4. The second-order valence-corrected chi connectivity index (χ2v) is 8.08. The second-order valence-electron chi connectivity index (χ2n) is 8.08. The quantitative estimate of drug-likeness (QED) is 0.603. The summed E-state index contributed by atoms with van der Waals surface area (Å²) in [5.74, 6) is -0.0644. The lowest BCUT2D eigenvalue weighted by molar-refractivity contribution is 0.0631. The summed E-state index contributed by atoms with van der Waals surface area (Å²) in [4.78, 5) is 41.8. The van der Waals surface area contributed by atoms with Gasteiger partial charge in [0.15, 0.2) is 0 Å². The lowest BCUT2D eigenvalue weighted by Gasteiger charge is -2.25. The summed E-state index contributed by atoms with van der Waals surface area (Å²) >= 11 is 0. The van der Waals surface area contributed by atoms with Crippen molar-refractivity contribution in [2.75, 3.05) is 6.54 Å². The fraction of sp³-hybridized carbons (Fsp3) is 0.240. The van der Waals surface area contributed by atoms with Crippen molar-refractivity contribution in [1.29, 1.82) is 0 Å². The third kappa shape index (κ3) is 3.24. The van der Waals surface area contributed by atoms with Crippen LogP contribution < -0.4 is 0 Å². The molecule has 2 aliphatic rings. The Morgan fingerprint density at radius 1 is 1.00 bits per heavy atom. The van der Waals surface area contributed by atoms with E-state index in [0.29, 0.717) is 23.4 Å². The Morgan fingerprint density at radius 3 is 2.52 bits per heavy atom. The van der Waals surface area contributed by atoms with E-state index in [-0.39, 0.29) is 35.9 Å². The van der Waals surface area contributed by atoms with Crippen LogP contribution in [0.4, 0.5) is 0 Å². The zero-order chi connectivity index (χ0) is 21.5. The number of fused-ring (bicyclic) bond motifs is 1. The van der Waals surface area contributed by atoms with Crippen molar-refractivity contribution >= 4 is 17.7 Å². The zero-order valence-corrected chi connectivity index (χ0v) is 17.2. The summed E-state index contributed by atoms with van der Waals surface area (Å²) in [6, 6.07) is 18.5. The molecule has 156 valence electrons. The van der Waals surface area contributed by atoms with Gasteiger partial charge in [0.2, 0.25) is 0 Å². The molecule has 1 fully saturated rings. The summed E-state index contributed by atoms with van der Waals surface area (Å²) in [5.41, 5.74) is 2.26. The number of rotatable bonds is 4. The van der Waals surface area contributed by atoms with Gasteiger partial charge in [-0.25, -0.2) is 0 Å². The zero-order valence-electron chi connectivity index (χ0n) is 17.2. The summed E-state index contributed by atoms with van der Waals surface area (Å²) in [6.07, 6.45) is 2.40. The number of likely N-dealkylation sites (tertiary alicyclic amines) is 1. The maximum atomic E-state index is 13.3. The van der Waals surface area contributed by atoms with Gasteiger partial charge in [0.25, 0.3) is 17.7 Å². The number of nitrogens with zero attached hydrogens (tertiary/aromatic N) is 2. The fourth-order valence-corrected chi connectivity index (χ4v) is 4.66. The highest BCUT2D eigenvalue weighted by Crippen LogP contribution is 2.34. The number of carbonyl (C=O) groups excluding carboxylic acids is 3.